The number of esters is 3. The molecule has 1 aromatic rings. The van der Waals surface area contributed by atoms with Crippen LogP contribution in [0, 0.1) is 17.8 Å². The zero-order valence-corrected chi connectivity index (χ0v) is 23.1. The molecule has 0 bridgehead atoms. The molecule has 0 spiro atoms. The molecule has 0 aliphatic rings. The average Bonchev–Trinajstić information content (AvgIpc) is 2.76. The third-order valence-corrected chi connectivity index (χ3v) is 5.84. The van der Waals surface area contributed by atoms with E-state index in [9.17, 15) is 24.3 Å². The van der Waals surface area contributed by atoms with Gasteiger partial charge in [-0.05, 0) is 48.8 Å². The molecule has 0 heterocycles. The fraction of sp³-hybridized carbons (Fsp3) is 0.643. The van der Waals surface area contributed by atoms with Crippen LogP contribution in [-0.2, 0) is 23.9 Å². The lowest BCUT2D eigenvalue weighted by molar-refractivity contribution is -0.150. The first-order valence-corrected chi connectivity index (χ1v) is 13.0. The largest absolute Gasteiger partial charge is 0.480 e. The Morgan fingerprint density at radius 1 is 0.838 bits per heavy atom. The standard InChI is InChI=1S/C28H43NO8/c1-8-18(6)13-26(32)35-19(7)14-21(27(29)28(33)34)20-9-10-22(36-24(30)11-16(2)3)23(15-20)37-25(31)12-17(4)5/h9-10,15-19,21,27H,8,11-14,29H2,1-7H3,(H,33,34)/t18?,19?,21?,27-/m0/s1. The van der Waals surface area contributed by atoms with E-state index >= 15 is 0 Å². The molecule has 0 saturated heterocycles. The van der Waals surface area contributed by atoms with E-state index in [-0.39, 0.29) is 60.9 Å². The molecule has 9 heteroatoms. The lowest BCUT2D eigenvalue weighted by Gasteiger charge is -2.25. The number of carbonyl (C=O) groups excluding carboxylic acids is 3. The molecule has 0 aliphatic heterocycles. The Morgan fingerprint density at radius 2 is 1.38 bits per heavy atom. The van der Waals surface area contributed by atoms with Gasteiger partial charge in [0.15, 0.2) is 11.5 Å². The number of benzene rings is 1. The highest BCUT2D eigenvalue weighted by atomic mass is 16.6. The van der Waals surface area contributed by atoms with E-state index in [4.69, 9.17) is 19.9 Å². The smallest absolute Gasteiger partial charge is 0.321 e. The SMILES string of the molecule is CCC(C)CC(=O)OC(C)CC(c1ccc(OC(=O)CC(C)C)c(OC(=O)CC(C)C)c1)[C@H](N)C(=O)O. The minimum Gasteiger partial charge on any atom is -0.480 e. The van der Waals surface area contributed by atoms with Crippen molar-refractivity contribution < 1.29 is 38.5 Å². The predicted octanol–water partition coefficient (Wildman–Crippen LogP) is 4.84. The van der Waals surface area contributed by atoms with Gasteiger partial charge in [-0.25, -0.2) is 0 Å². The van der Waals surface area contributed by atoms with Gasteiger partial charge in [0.25, 0.3) is 0 Å². The van der Waals surface area contributed by atoms with Gasteiger partial charge in [-0.3, -0.25) is 19.2 Å². The van der Waals surface area contributed by atoms with Crippen LogP contribution in [-0.4, -0.2) is 41.1 Å². The summed E-state index contributed by atoms with van der Waals surface area (Å²) in [6, 6.07) is 3.20. The van der Waals surface area contributed by atoms with Crippen molar-refractivity contribution in [2.45, 2.75) is 98.6 Å². The molecule has 0 aromatic heterocycles. The summed E-state index contributed by atoms with van der Waals surface area (Å²) in [6.07, 6.45) is 0.942. The van der Waals surface area contributed by atoms with Gasteiger partial charge in [-0.2, -0.15) is 0 Å². The number of rotatable bonds is 15. The molecule has 0 aliphatic carbocycles. The van der Waals surface area contributed by atoms with Crippen molar-refractivity contribution in [3.8, 4) is 11.5 Å². The highest BCUT2D eigenvalue weighted by molar-refractivity contribution is 5.77. The molecule has 9 nitrogen and oxygen atoms in total. The second-order valence-corrected chi connectivity index (χ2v) is 10.6. The first-order valence-electron chi connectivity index (χ1n) is 13.0. The maximum Gasteiger partial charge on any atom is 0.321 e. The molecule has 0 radical (unpaired) electrons. The number of ether oxygens (including phenoxy) is 3. The Morgan fingerprint density at radius 3 is 1.86 bits per heavy atom. The summed E-state index contributed by atoms with van der Waals surface area (Å²) in [5.41, 5.74) is 6.49. The van der Waals surface area contributed by atoms with Gasteiger partial charge < -0.3 is 25.1 Å². The van der Waals surface area contributed by atoms with Crippen LogP contribution in [0.4, 0.5) is 0 Å². The van der Waals surface area contributed by atoms with Gasteiger partial charge in [0.05, 0.1) is 6.10 Å². The minimum atomic E-state index is -1.32. The second-order valence-electron chi connectivity index (χ2n) is 10.6. The third kappa shape index (κ3) is 11.8. The van der Waals surface area contributed by atoms with E-state index in [1.165, 1.54) is 12.1 Å². The van der Waals surface area contributed by atoms with Crippen molar-refractivity contribution in [3.63, 3.8) is 0 Å². The first kappa shape index (κ1) is 32.1. The minimum absolute atomic E-state index is 0.00395. The molecule has 0 fully saturated rings. The van der Waals surface area contributed by atoms with Crippen LogP contribution in [0.15, 0.2) is 18.2 Å². The van der Waals surface area contributed by atoms with Gasteiger partial charge in [0.2, 0.25) is 0 Å². The fourth-order valence-electron chi connectivity index (χ4n) is 3.68. The van der Waals surface area contributed by atoms with Gasteiger partial charge in [0.1, 0.15) is 6.04 Å². The lowest BCUT2D eigenvalue weighted by Crippen LogP contribution is -2.38. The molecular formula is C28H43NO8. The summed E-state index contributed by atoms with van der Waals surface area (Å²) in [7, 11) is 0. The van der Waals surface area contributed by atoms with Crippen LogP contribution in [0.25, 0.3) is 0 Å². The van der Waals surface area contributed by atoms with E-state index in [2.05, 4.69) is 0 Å². The topological polar surface area (TPSA) is 142 Å². The second kappa shape index (κ2) is 15.3. The summed E-state index contributed by atoms with van der Waals surface area (Å²) < 4.78 is 16.5. The average molecular weight is 522 g/mol. The van der Waals surface area contributed by atoms with Gasteiger partial charge in [-0.15, -0.1) is 0 Å². The number of hydrogen-bond donors (Lipinski definition) is 2. The molecule has 4 atom stereocenters. The number of carbonyl (C=O) groups is 4. The third-order valence-electron chi connectivity index (χ3n) is 5.84. The first-order chi connectivity index (χ1) is 17.2. The van der Waals surface area contributed by atoms with Gasteiger partial charge >= 0.3 is 23.9 Å². The zero-order chi connectivity index (χ0) is 28.3. The van der Waals surface area contributed by atoms with Crippen LogP contribution in [0.5, 0.6) is 11.5 Å². The lowest BCUT2D eigenvalue weighted by atomic mass is 9.87. The zero-order valence-electron chi connectivity index (χ0n) is 23.1. The normalized spacial score (nSPS) is 14.5. The quantitative estimate of drug-likeness (QED) is 0.245. The van der Waals surface area contributed by atoms with Crippen molar-refractivity contribution in [2.75, 3.05) is 0 Å². The fourth-order valence-corrected chi connectivity index (χ4v) is 3.68. The van der Waals surface area contributed by atoms with Crippen molar-refractivity contribution in [3.05, 3.63) is 23.8 Å². The molecule has 1 rings (SSSR count). The number of carboxylic acid groups (broad SMARTS) is 1. The highest BCUT2D eigenvalue weighted by Crippen LogP contribution is 2.35. The van der Waals surface area contributed by atoms with Gasteiger partial charge in [0, 0.05) is 25.2 Å². The maximum absolute atomic E-state index is 12.4. The van der Waals surface area contributed by atoms with Crippen LogP contribution in [0.3, 0.4) is 0 Å². The van der Waals surface area contributed by atoms with Crippen LogP contribution in [0.1, 0.15) is 92.1 Å². The molecule has 3 N–H and O–H groups in total. The Labute approximate surface area is 220 Å². The van der Waals surface area contributed by atoms with Crippen molar-refractivity contribution in [2.24, 2.45) is 23.5 Å². The van der Waals surface area contributed by atoms with E-state index in [1.54, 1.807) is 13.0 Å². The summed E-state index contributed by atoms with van der Waals surface area (Å²) in [5.74, 6) is -3.01. The molecule has 208 valence electrons. The van der Waals surface area contributed by atoms with Crippen LogP contribution >= 0.6 is 0 Å². The molecule has 1 aromatic carbocycles. The Balaban J connectivity index is 3.30. The van der Waals surface area contributed by atoms with Crippen LogP contribution < -0.4 is 15.2 Å². The Hall–Kier alpha value is -2.94. The van der Waals surface area contributed by atoms with Crippen LogP contribution in [0.2, 0.25) is 0 Å². The molecule has 0 amide bonds. The Kier molecular flexibility index (Phi) is 13.3. The van der Waals surface area contributed by atoms with E-state index in [1.807, 2.05) is 41.5 Å². The molecular weight excluding hydrogens is 478 g/mol. The van der Waals surface area contributed by atoms with Gasteiger partial charge in [-0.1, -0.05) is 54.0 Å². The predicted molar refractivity (Wildman–Crippen MR) is 139 cm³/mol. The van der Waals surface area contributed by atoms with Crippen molar-refractivity contribution in [1.29, 1.82) is 0 Å². The number of aliphatic carboxylic acids is 1. The summed E-state index contributed by atoms with van der Waals surface area (Å²) in [6.45, 7) is 13.1. The molecule has 3 unspecified atom stereocenters. The summed E-state index contributed by atoms with van der Waals surface area (Å²) >= 11 is 0. The van der Waals surface area contributed by atoms with Crippen molar-refractivity contribution in [1.82, 2.24) is 0 Å². The maximum atomic E-state index is 12.4. The monoisotopic (exact) mass is 521 g/mol. The molecule has 0 saturated carbocycles. The Bertz CT molecular complexity index is 927. The number of hydrogen-bond acceptors (Lipinski definition) is 8. The number of carboxylic acids is 1. The van der Waals surface area contributed by atoms with E-state index in [0.717, 1.165) is 6.42 Å². The van der Waals surface area contributed by atoms with E-state index in [0.29, 0.717) is 5.56 Å². The van der Waals surface area contributed by atoms with Crippen molar-refractivity contribution >= 4 is 23.9 Å². The summed E-state index contributed by atoms with van der Waals surface area (Å²) in [5, 5.41) is 9.64. The highest BCUT2D eigenvalue weighted by Gasteiger charge is 2.30. The summed E-state index contributed by atoms with van der Waals surface area (Å²) in [4.78, 5) is 48.8. The van der Waals surface area contributed by atoms with E-state index < -0.39 is 36.0 Å². The number of nitrogens with two attached hydrogens (primary N) is 1. The molecule has 37 heavy (non-hydrogen) atoms.